The van der Waals surface area contributed by atoms with Crippen molar-refractivity contribution in [2.24, 2.45) is 0 Å². The third-order valence-corrected chi connectivity index (χ3v) is 6.81. The van der Waals surface area contributed by atoms with Gasteiger partial charge in [0.25, 0.3) is 5.91 Å². The van der Waals surface area contributed by atoms with Crippen LogP contribution in [0.4, 0.5) is 0 Å². The van der Waals surface area contributed by atoms with Crippen LogP contribution in [0.5, 0.6) is 0 Å². The number of nitrogens with one attached hydrogen (secondary N) is 1. The maximum atomic E-state index is 12.0. The fourth-order valence-corrected chi connectivity index (χ4v) is 4.66. The second kappa shape index (κ2) is 6.61. The van der Waals surface area contributed by atoms with Gasteiger partial charge in [0, 0.05) is 16.7 Å². The van der Waals surface area contributed by atoms with Crippen LogP contribution in [-0.2, 0) is 0 Å². The Kier molecular flexibility index (Phi) is 5.38. The molecule has 0 bridgehead atoms. The maximum absolute atomic E-state index is 12.0. The Morgan fingerprint density at radius 1 is 1.50 bits per heavy atom. The Balaban J connectivity index is 1.91. The lowest BCUT2D eigenvalue weighted by Crippen LogP contribution is -2.41. The summed E-state index contributed by atoms with van der Waals surface area (Å²) in [5.74, 6) is 0.0770. The van der Waals surface area contributed by atoms with E-state index < -0.39 is 0 Å². The highest BCUT2D eigenvalue weighted by Crippen LogP contribution is 2.38. The molecule has 1 aliphatic rings. The molecule has 0 unspecified atom stereocenters. The van der Waals surface area contributed by atoms with Crippen molar-refractivity contribution in [3.8, 4) is 0 Å². The van der Waals surface area contributed by atoms with Crippen molar-refractivity contribution in [2.45, 2.75) is 36.9 Å². The highest BCUT2D eigenvalue weighted by Gasteiger charge is 2.31. The zero-order valence-corrected chi connectivity index (χ0v) is 14.3. The van der Waals surface area contributed by atoms with Gasteiger partial charge in [0.15, 0.2) is 0 Å². The number of amides is 1. The van der Waals surface area contributed by atoms with Crippen LogP contribution in [0.2, 0.25) is 0 Å². The van der Waals surface area contributed by atoms with Crippen LogP contribution in [-0.4, -0.2) is 23.5 Å². The van der Waals surface area contributed by atoms with E-state index in [2.05, 4.69) is 34.2 Å². The van der Waals surface area contributed by atoms with Gasteiger partial charge in [-0.05, 0) is 47.8 Å². The second-order valence-corrected chi connectivity index (χ2v) is 8.85. The first kappa shape index (κ1) is 14.7. The van der Waals surface area contributed by atoms with Crippen LogP contribution in [0.3, 0.4) is 0 Å². The molecular weight excluding hydrogens is 377 g/mol. The summed E-state index contributed by atoms with van der Waals surface area (Å²) in [7, 11) is 0. The Bertz CT molecular complexity index is 413. The topological polar surface area (TPSA) is 29.1 Å². The minimum atomic E-state index is 0.0770. The molecular formula is C13H18INOS2. The Morgan fingerprint density at radius 3 is 2.78 bits per heavy atom. The molecule has 0 spiro atoms. The lowest BCUT2D eigenvalue weighted by molar-refractivity contribution is 0.0947. The molecule has 0 radical (unpaired) electrons. The number of hydrogen-bond donors (Lipinski definition) is 1. The molecule has 1 aromatic heterocycles. The maximum Gasteiger partial charge on any atom is 0.252 e. The van der Waals surface area contributed by atoms with Crippen molar-refractivity contribution in [1.29, 1.82) is 0 Å². The summed E-state index contributed by atoms with van der Waals surface area (Å²) < 4.78 is 1.44. The predicted molar refractivity (Wildman–Crippen MR) is 88.7 cm³/mol. The summed E-state index contributed by atoms with van der Waals surface area (Å²) in [6, 6.07) is 1.95. The number of carbonyl (C=O) groups is 1. The monoisotopic (exact) mass is 395 g/mol. The molecule has 1 saturated carbocycles. The Hall–Kier alpha value is 0.250. The molecule has 0 saturated heterocycles. The molecule has 2 rings (SSSR count). The van der Waals surface area contributed by atoms with Crippen molar-refractivity contribution < 1.29 is 4.79 Å². The van der Waals surface area contributed by atoms with Crippen LogP contribution in [0, 0.1) is 2.88 Å². The van der Waals surface area contributed by atoms with Crippen molar-refractivity contribution in [3.05, 3.63) is 19.9 Å². The van der Waals surface area contributed by atoms with Crippen LogP contribution < -0.4 is 5.32 Å². The number of thioether (sulfide) groups is 1. The molecule has 1 fully saturated rings. The van der Waals surface area contributed by atoms with E-state index in [0.29, 0.717) is 0 Å². The number of hydrogen-bond acceptors (Lipinski definition) is 3. The van der Waals surface area contributed by atoms with Crippen LogP contribution in [0.15, 0.2) is 11.4 Å². The highest BCUT2D eigenvalue weighted by atomic mass is 127. The zero-order chi connectivity index (χ0) is 13.0. The molecule has 1 heterocycles. The molecule has 0 aliphatic heterocycles. The average molecular weight is 395 g/mol. The molecule has 1 aromatic rings. The van der Waals surface area contributed by atoms with E-state index in [0.717, 1.165) is 15.0 Å². The molecule has 5 heteroatoms. The summed E-state index contributed by atoms with van der Waals surface area (Å²) in [6.45, 7) is 0.805. The summed E-state index contributed by atoms with van der Waals surface area (Å²) in [5, 5.41) is 5.05. The smallest absolute Gasteiger partial charge is 0.252 e. The van der Waals surface area contributed by atoms with Crippen molar-refractivity contribution in [1.82, 2.24) is 5.32 Å². The number of rotatable bonds is 4. The molecule has 1 amide bonds. The lowest BCUT2D eigenvalue weighted by Gasteiger charge is -2.35. The van der Waals surface area contributed by atoms with E-state index in [1.54, 1.807) is 11.3 Å². The summed E-state index contributed by atoms with van der Waals surface area (Å²) in [4.78, 5) is 12.0. The van der Waals surface area contributed by atoms with Gasteiger partial charge in [-0.25, -0.2) is 0 Å². The van der Waals surface area contributed by atoms with Crippen LogP contribution >= 0.6 is 45.7 Å². The first-order chi connectivity index (χ1) is 8.65. The minimum absolute atomic E-state index is 0.0770. The van der Waals surface area contributed by atoms with Gasteiger partial charge >= 0.3 is 0 Å². The molecule has 0 atom stereocenters. The van der Waals surface area contributed by atoms with Gasteiger partial charge in [-0.15, -0.1) is 11.3 Å². The van der Waals surface area contributed by atoms with Gasteiger partial charge in [-0.1, -0.05) is 19.3 Å². The average Bonchev–Trinajstić information content (AvgIpc) is 2.84. The van der Waals surface area contributed by atoms with Gasteiger partial charge in [0.2, 0.25) is 0 Å². The van der Waals surface area contributed by atoms with Gasteiger partial charge in [0.05, 0.1) is 8.45 Å². The first-order valence-corrected chi connectivity index (χ1v) is 9.41. The fraction of sp³-hybridized carbons (Fsp3) is 0.615. The Morgan fingerprint density at radius 2 is 2.22 bits per heavy atom. The van der Waals surface area contributed by atoms with E-state index in [1.165, 1.54) is 32.1 Å². The molecule has 2 nitrogen and oxygen atoms in total. The van der Waals surface area contributed by atoms with E-state index in [-0.39, 0.29) is 10.7 Å². The van der Waals surface area contributed by atoms with Gasteiger partial charge in [-0.2, -0.15) is 11.8 Å². The van der Waals surface area contributed by atoms with Gasteiger partial charge < -0.3 is 5.32 Å². The predicted octanol–water partition coefficient (Wildman–Crippen LogP) is 4.15. The first-order valence-electron chi connectivity index (χ1n) is 6.23. The highest BCUT2D eigenvalue weighted by molar-refractivity contribution is 14.1. The SMILES string of the molecule is CSC1(CNC(=O)c2csc(I)c2)CCCCC1. The van der Waals surface area contributed by atoms with E-state index in [9.17, 15) is 4.79 Å². The summed E-state index contributed by atoms with van der Waals surface area (Å²) in [6.07, 6.45) is 8.58. The van der Waals surface area contributed by atoms with Gasteiger partial charge in [0.1, 0.15) is 0 Å². The number of halogens is 1. The lowest BCUT2D eigenvalue weighted by atomic mass is 9.88. The van der Waals surface area contributed by atoms with E-state index in [4.69, 9.17) is 0 Å². The Labute approximate surface area is 130 Å². The molecule has 18 heavy (non-hydrogen) atoms. The quantitative estimate of drug-likeness (QED) is 0.777. The van der Waals surface area contributed by atoms with E-state index in [1.807, 2.05) is 23.2 Å². The molecule has 1 aliphatic carbocycles. The van der Waals surface area contributed by atoms with Gasteiger partial charge in [-0.3, -0.25) is 4.79 Å². The second-order valence-electron chi connectivity index (χ2n) is 4.77. The third kappa shape index (κ3) is 3.63. The zero-order valence-electron chi connectivity index (χ0n) is 10.5. The van der Waals surface area contributed by atoms with Crippen molar-refractivity contribution in [2.75, 3.05) is 12.8 Å². The number of carbonyl (C=O) groups excluding carboxylic acids is 1. The fourth-order valence-electron chi connectivity index (χ4n) is 2.42. The normalized spacial score (nSPS) is 18.6. The minimum Gasteiger partial charge on any atom is -0.351 e. The van der Waals surface area contributed by atoms with E-state index >= 15 is 0 Å². The number of thiophene rings is 1. The molecule has 0 aromatic carbocycles. The third-order valence-electron chi connectivity index (χ3n) is 3.60. The summed E-state index contributed by atoms with van der Waals surface area (Å²) in [5.41, 5.74) is 0.802. The standard InChI is InChI=1S/C13H18INOS2/c1-17-13(5-3-2-4-6-13)9-15-12(16)10-7-11(14)18-8-10/h7-8H,2-6,9H2,1H3,(H,15,16). The van der Waals surface area contributed by atoms with Crippen molar-refractivity contribution >= 4 is 51.6 Å². The van der Waals surface area contributed by atoms with Crippen molar-refractivity contribution in [3.63, 3.8) is 0 Å². The largest absolute Gasteiger partial charge is 0.351 e. The molecule has 100 valence electrons. The summed E-state index contributed by atoms with van der Waals surface area (Å²) >= 11 is 5.79. The molecule has 1 N–H and O–H groups in total. The van der Waals surface area contributed by atoms with Crippen LogP contribution in [0.1, 0.15) is 42.5 Å². The van der Waals surface area contributed by atoms with Crippen LogP contribution in [0.25, 0.3) is 0 Å².